The van der Waals surface area contributed by atoms with Gasteiger partial charge in [-0.25, -0.2) is 0 Å². The monoisotopic (exact) mass is 201 g/mol. The summed E-state index contributed by atoms with van der Waals surface area (Å²) in [4.78, 5) is 0. The zero-order chi connectivity index (χ0) is 10.4. The van der Waals surface area contributed by atoms with Gasteiger partial charge in [0.25, 0.3) is 0 Å². The van der Waals surface area contributed by atoms with Gasteiger partial charge in [-0.2, -0.15) is 0 Å². The second kappa shape index (κ2) is 5.69. The van der Waals surface area contributed by atoms with Crippen LogP contribution >= 0.6 is 0 Å². The molecule has 1 aliphatic rings. The summed E-state index contributed by atoms with van der Waals surface area (Å²) < 4.78 is 5.13. The molecule has 3 heteroatoms. The van der Waals surface area contributed by atoms with Crippen LogP contribution in [0, 0.1) is 5.92 Å². The van der Waals surface area contributed by atoms with Crippen molar-refractivity contribution in [2.75, 3.05) is 20.3 Å². The molecule has 84 valence electrons. The Morgan fingerprint density at radius 1 is 1.43 bits per heavy atom. The van der Waals surface area contributed by atoms with Gasteiger partial charge in [0.05, 0.1) is 12.2 Å². The normalized spacial score (nSPS) is 22.5. The molecule has 0 amide bonds. The molecule has 1 atom stereocenters. The smallest absolute Gasteiger partial charge is 0.0908 e. The van der Waals surface area contributed by atoms with Crippen molar-refractivity contribution in [3.8, 4) is 0 Å². The molecule has 1 unspecified atom stereocenters. The largest absolute Gasteiger partial charge is 0.387 e. The van der Waals surface area contributed by atoms with E-state index < -0.39 is 5.60 Å². The SMILES string of the molecule is COCC(O)(CCCN)C1CCCC1. The van der Waals surface area contributed by atoms with E-state index in [4.69, 9.17) is 10.5 Å². The van der Waals surface area contributed by atoms with E-state index in [9.17, 15) is 5.11 Å². The lowest BCUT2D eigenvalue weighted by Crippen LogP contribution is -2.41. The molecule has 3 N–H and O–H groups in total. The summed E-state index contributed by atoms with van der Waals surface area (Å²) >= 11 is 0. The molecule has 0 heterocycles. The summed E-state index contributed by atoms with van der Waals surface area (Å²) in [6.45, 7) is 1.11. The Labute approximate surface area is 86.6 Å². The van der Waals surface area contributed by atoms with E-state index >= 15 is 0 Å². The van der Waals surface area contributed by atoms with Gasteiger partial charge in [0, 0.05) is 7.11 Å². The Hall–Kier alpha value is -0.120. The third-order valence-electron chi connectivity index (χ3n) is 3.32. The maximum Gasteiger partial charge on any atom is 0.0908 e. The van der Waals surface area contributed by atoms with Crippen molar-refractivity contribution in [3.05, 3.63) is 0 Å². The fourth-order valence-corrected chi connectivity index (χ4v) is 2.52. The zero-order valence-corrected chi connectivity index (χ0v) is 9.17. The van der Waals surface area contributed by atoms with Crippen LogP contribution in [-0.4, -0.2) is 31.0 Å². The number of methoxy groups -OCH3 is 1. The Balaban J connectivity index is 2.49. The fourth-order valence-electron chi connectivity index (χ4n) is 2.52. The van der Waals surface area contributed by atoms with Gasteiger partial charge in [-0.3, -0.25) is 0 Å². The molecule has 0 aromatic heterocycles. The number of rotatable bonds is 6. The Morgan fingerprint density at radius 2 is 2.07 bits per heavy atom. The number of hydrogen-bond acceptors (Lipinski definition) is 3. The minimum absolute atomic E-state index is 0.425. The molecular weight excluding hydrogens is 178 g/mol. The van der Waals surface area contributed by atoms with Gasteiger partial charge in [-0.05, 0) is 38.1 Å². The first-order chi connectivity index (χ1) is 6.73. The molecule has 0 spiro atoms. The van der Waals surface area contributed by atoms with Gasteiger partial charge in [0.2, 0.25) is 0 Å². The highest BCUT2D eigenvalue weighted by Crippen LogP contribution is 2.36. The highest BCUT2D eigenvalue weighted by molar-refractivity contribution is 4.89. The summed E-state index contributed by atoms with van der Waals surface area (Å²) in [5, 5.41) is 10.5. The molecular formula is C11H23NO2. The van der Waals surface area contributed by atoms with Crippen molar-refractivity contribution in [1.82, 2.24) is 0 Å². The van der Waals surface area contributed by atoms with Gasteiger partial charge in [-0.1, -0.05) is 12.8 Å². The van der Waals surface area contributed by atoms with Gasteiger partial charge >= 0.3 is 0 Å². The lowest BCUT2D eigenvalue weighted by Gasteiger charge is -2.33. The van der Waals surface area contributed by atoms with Crippen molar-refractivity contribution < 1.29 is 9.84 Å². The minimum atomic E-state index is -0.620. The first kappa shape index (κ1) is 12.0. The molecule has 0 saturated heterocycles. The minimum Gasteiger partial charge on any atom is -0.387 e. The van der Waals surface area contributed by atoms with Crippen molar-refractivity contribution in [3.63, 3.8) is 0 Å². The predicted octanol–water partition coefficient (Wildman–Crippen LogP) is 1.29. The van der Waals surface area contributed by atoms with Gasteiger partial charge in [-0.15, -0.1) is 0 Å². The zero-order valence-electron chi connectivity index (χ0n) is 9.17. The van der Waals surface area contributed by atoms with Gasteiger partial charge < -0.3 is 15.6 Å². The highest BCUT2D eigenvalue weighted by Gasteiger charge is 2.37. The second-order valence-electron chi connectivity index (χ2n) is 4.41. The van der Waals surface area contributed by atoms with E-state index in [2.05, 4.69) is 0 Å². The Morgan fingerprint density at radius 3 is 2.57 bits per heavy atom. The maximum atomic E-state index is 10.5. The van der Waals surface area contributed by atoms with Crippen molar-refractivity contribution >= 4 is 0 Å². The number of aliphatic hydroxyl groups is 1. The van der Waals surface area contributed by atoms with E-state index in [0.29, 0.717) is 19.1 Å². The highest BCUT2D eigenvalue weighted by atomic mass is 16.5. The van der Waals surface area contributed by atoms with Crippen LogP contribution in [0.3, 0.4) is 0 Å². The van der Waals surface area contributed by atoms with Crippen LogP contribution in [0.1, 0.15) is 38.5 Å². The molecule has 0 bridgehead atoms. The van der Waals surface area contributed by atoms with E-state index in [1.54, 1.807) is 7.11 Å². The Bertz CT molecular complexity index is 157. The van der Waals surface area contributed by atoms with Crippen molar-refractivity contribution in [2.24, 2.45) is 11.7 Å². The van der Waals surface area contributed by atoms with E-state index in [1.165, 1.54) is 12.8 Å². The van der Waals surface area contributed by atoms with Crippen LogP contribution in [0.5, 0.6) is 0 Å². The molecule has 1 saturated carbocycles. The van der Waals surface area contributed by atoms with Crippen LogP contribution < -0.4 is 5.73 Å². The molecule has 0 radical (unpaired) electrons. The van der Waals surface area contributed by atoms with E-state index in [1.807, 2.05) is 0 Å². The van der Waals surface area contributed by atoms with Crippen LogP contribution in [0.25, 0.3) is 0 Å². The average molecular weight is 201 g/mol. The summed E-state index contributed by atoms with van der Waals surface area (Å²) in [7, 11) is 1.66. The van der Waals surface area contributed by atoms with Gasteiger partial charge in [0.1, 0.15) is 0 Å². The molecule has 0 aromatic rings. The number of nitrogens with two attached hydrogens (primary N) is 1. The standard InChI is InChI=1S/C11H23NO2/c1-14-9-11(13,7-4-8-12)10-5-2-3-6-10/h10,13H,2-9,12H2,1H3. The van der Waals surface area contributed by atoms with Crippen LogP contribution in [0.15, 0.2) is 0 Å². The molecule has 3 nitrogen and oxygen atoms in total. The molecule has 1 rings (SSSR count). The quantitative estimate of drug-likeness (QED) is 0.681. The van der Waals surface area contributed by atoms with Crippen molar-refractivity contribution in [1.29, 1.82) is 0 Å². The van der Waals surface area contributed by atoms with Crippen molar-refractivity contribution in [2.45, 2.75) is 44.1 Å². The third kappa shape index (κ3) is 2.94. The van der Waals surface area contributed by atoms with E-state index in [0.717, 1.165) is 25.7 Å². The summed E-state index contributed by atoms with van der Waals surface area (Å²) in [5.74, 6) is 0.425. The van der Waals surface area contributed by atoms with E-state index in [-0.39, 0.29) is 0 Å². The maximum absolute atomic E-state index is 10.5. The fraction of sp³-hybridized carbons (Fsp3) is 1.00. The number of ether oxygens (including phenoxy) is 1. The second-order valence-corrected chi connectivity index (χ2v) is 4.41. The summed E-state index contributed by atoms with van der Waals surface area (Å²) in [5.41, 5.74) is 4.86. The molecule has 1 aliphatic carbocycles. The first-order valence-corrected chi connectivity index (χ1v) is 5.64. The topological polar surface area (TPSA) is 55.5 Å². The average Bonchev–Trinajstić information content (AvgIpc) is 2.68. The lowest BCUT2D eigenvalue weighted by atomic mass is 9.83. The molecule has 1 fully saturated rings. The molecule has 14 heavy (non-hydrogen) atoms. The van der Waals surface area contributed by atoms with Crippen LogP contribution in [0.2, 0.25) is 0 Å². The lowest BCUT2D eigenvalue weighted by molar-refractivity contribution is -0.0787. The Kier molecular flexibility index (Phi) is 4.85. The van der Waals surface area contributed by atoms with Crippen LogP contribution in [0.4, 0.5) is 0 Å². The molecule has 0 aliphatic heterocycles. The predicted molar refractivity (Wildman–Crippen MR) is 57.1 cm³/mol. The first-order valence-electron chi connectivity index (χ1n) is 5.64. The number of hydrogen-bond donors (Lipinski definition) is 2. The summed E-state index contributed by atoms with van der Waals surface area (Å²) in [6.07, 6.45) is 6.45. The van der Waals surface area contributed by atoms with Crippen LogP contribution in [-0.2, 0) is 4.74 Å². The van der Waals surface area contributed by atoms with Gasteiger partial charge in [0.15, 0.2) is 0 Å². The molecule has 0 aromatic carbocycles. The third-order valence-corrected chi connectivity index (χ3v) is 3.32. The summed E-state index contributed by atoms with van der Waals surface area (Å²) in [6, 6.07) is 0.